The number of nitrogens with zero attached hydrogens (tertiary/aromatic N) is 2. The third-order valence-corrected chi connectivity index (χ3v) is 2.57. The molecule has 104 valence electrons. The Morgan fingerprint density at radius 2 is 2.05 bits per heavy atom. The summed E-state index contributed by atoms with van der Waals surface area (Å²) in [5.74, 6) is 0.0856. The Hall–Kier alpha value is -2.70. The topological polar surface area (TPSA) is 74.5 Å². The molecule has 0 unspecified atom stereocenters. The molecule has 20 heavy (non-hydrogen) atoms. The van der Waals surface area contributed by atoms with Gasteiger partial charge in [0.1, 0.15) is 11.5 Å². The van der Waals surface area contributed by atoms with Crippen LogP contribution < -0.4 is 9.47 Å². The average molecular weight is 278 g/mol. The summed E-state index contributed by atoms with van der Waals surface area (Å²) in [7, 11) is 1.34. The van der Waals surface area contributed by atoms with Crippen LogP contribution in [0.15, 0.2) is 30.5 Å². The van der Waals surface area contributed by atoms with Crippen molar-refractivity contribution in [1.29, 1.82) is 0 Å². The lowest BCUT2D eigenvalue weighted by Gasteiger charge is -2.07. The number of methoxy groups -OCH3 is 1. The third kappa shape index (κ3) is 2.82. The Morgan fingerprint density at radius 3 is 2.65 bits per heavy atom. The van der Waals surface area contributed by atoms with Crippen LogP contribution in [-0.2, 0) is 0 Å². The highest BCUT2D eigenvalue weighted by Crippen LogP contribution is 2.32. The minimum absolute atomic E-state index is 0.135. The molecule has 0 amide bonds. The highest BCUT2D eigenvalue weighted by atomic mass is 19.1. The second-order valence-electron chi connectivity index (χ2n) is 3.97. The fourth-order valence-corrected chi connectivity index (χ4v) is 1.60. The van der Waals surface area contributed by atoms with Crippen LogP contribution in [0.2, 0.25) is 0 Å². The van der Waals surface area contributed by atoms with E-state index >= 15 is 0 Å². The fourth-order valence-electron chi connectivity index (χ4n) is 1.60. The van der Waals surface area contributed by atoms with Gasteiger partial charge in [-0.25, -0.2) is 4.98 Å². The van der Waals surface area contributed by atoms with Crippen molar-refractivity contribution < 1.29 is 18.8 Å². The Balaban J connectivity index is 2.31. The molecule has 0 radical (unpaired) electrons. The number of pyridine rings is 1. The van der Waals surface area contributed by atoms with Gasteiger partial charge < -0.3 is 9.47 Å². The Labute approximate surface area is 113 Å². The van der Waals surface area contributed by atoms with Gasteiger partial charge in [0.15, 0.2) is 5.75 Å². The average Bonchev–Trinajstić information content (AvgIpc) is 2.43. The van der Waals surface area contributed by atoms with E-state index in [2.05, 4.69) is 4.98 Å². The van der Waals surface area contributed by atoms with Gasteiger partial charge in [-0.3, -0.25) is 10.1 Å². The molecule has 0 N–H and O–H groups in total. The van der Waals surface area contributed by atoms with E-state index in [0.717, 1.165) is 0 Å². The summed E-state index contributed by atoms with van der Waals surface area (Å²) in [5.41, 5.74) is 0.113. The zero-order chi connectivity index (χ0) is 14.7. The van der Waals surface area contributed by atoms with Crippen LogP contribution in [0.4, 0.5) is 10.1 Å². The first-order valence-corrected chi connectivity index (χ1v) is 5.63. The highest BCUT2D eigenvalue weighted by Gasteiger charge is 2.16. The number of hydrogen-bond donors (Lipinski definition) is 0. The van der Waals surface area contributed by atoms with Crippen LogP contribution in [0.1, 0.15) is 5.56 Å². The molecule has 0 fully saturated rings. The maximum Gasteiger partial charge on any atom is 0.314 e. The number of nitro benzene ring substituents is 1. The summed E-state index contributed by atoms with van der Waals surface area (Å²) < 4.78 is 23.3. The zero-order valence-corrected chi connectivity index (χ0v) is 10.8. The lowest BCUT2D eigenvalue weighted by atomic mass is 10.2. The summed E-state index contributed by atoms with van der Waals surface area (Å²) in [4.78, 5) is 13.8. The second kappa shape index (κ2) is 5.52. The molecule has 0 saturated carbocycles. The molecular weight excluding hydrogens is 267 g/mol. The van der Waals surface area contributed by atoms with E-state index in [4.69, 9.17) is 9.47 Å². The maximum absolute atomic E-state index is 13.0. The largest absolute Gasteiger partial charge is 0.490 e. The Kier molecular flexibility index (Phi) is 3.79. The summed E-state index contributed by atoms with van der Waals surface area (Å²) >= 11 is 0. The predicted molar refractivity (Wildman–Crippen MR) is 68.7 cm³/mol. The van der Waals surface area contributed by atoms with Crippen LogP contribution in [0.25, 0.3) is 0 Å². The lowest BCUT2D eigenvalue weighted by molar-refractivity contribution is -0.385. The minimum atomic E-state index is -0.585. The van der Waals surface area contributed by atoms with Crippen molar-refractivity contribution >= 4 is 5.69 Å². The molecule has 0 saturated heterocycles. The number of aromatic nitrogens is 1. The molecule has 2 rings (SSSR count). The molecule has 1 aromatic carbocycles. The van der Waals surface area contributed by atoms with E-state index in [1.165, 1.54) is 37.6 Å². The van der Waals surface area contributed by atoms with Gasteiger partial charge in [-0.05, 0) is 25.1 Å². The Bertz CT molecular complexity index is 661. The minimum Gasteiger partial charge on any atom is -0.490 e. The summed E-state index contributed by atoms with van der Waals surface area (Å²) in [5, 5.41) is 10.9. The van der Waals surface area contributed by atoms with Gasteiger partial charge in [0.2, 0.25) is 5.95 Å². The summed E-state index contributed by atoms with van der Waals surface area (Å²) in [6.07, 6.45) is 1.21. The van der Waals surface area contributed by atoms with Crippen LogP contribution in [0.5, 0.6) is 17.2 Å². The zero-order valence-electron chi connectivity index (χ0n) is 10.8. The molecule has 0 aliphatic rings. The monoisotopic (exact) mass is 278 g/mol. The number of halogens is 1. The number of ether oxygens (including phenoxy) is 2. The van der Waals surface area contributed by atoms with Crippen molar-refractivity contribution in [2.75, 3.05) is 7.11 Å². The van der Waals surface area contributed by atoms with Crippen LogP contribution in [0, 0.1) is 23.0 Å². The lowest BCUT2D eigenvalue weighted by Crippen LogP contribution is -1.95. The molecule has 0 aliphatic heterocycles. The van der Waals surface area contributed by atoms with Crippen molar-refractivity contribution in [2.24, 2.45) is 0 Å². The van der Waals surface area contributed by atoms with Crippen LogP contribution in [0.3, 0.4) is 0 Å². The molecule has 0 bridgehead atoms. The first kappa shape index (κ1) is 13.7. The van der Waals surface area contributed by atoms with Crippen molar-refractivity contribution in [3.63, 3.8) is 0 Å². The molecule has 1 aromatic heterocycles. The number of benzene rings is 1. The van der Waals surface area contributed by atoms with E-state index < -0.39 is 10.9 Å². The van der Waals surface area contributed by atoms with Gasteiger partial charge >= 0.3 is 5.69 Å². The molecular formula is C13H11FN2O4. The standard InChI is InChI=1S/C13H11FN2O4/c1-8-5-10(7-15-13(8)14)20-9-3-4-12(19-2)11(6-9)16(17)18/h3-7H,1-2H3. The van der Waals surface area contributed by atoms with Crippen molar-refractivity contribution in [2.45, 2.75) is 6.92 Å². The van der Waals surface area contributed by atoms with Gasteiger partial charge in [-0.2, -0.15) is 4.39 Å². The molecule has 2 aromatic rings. The van der Waals surface area contributed by atoms with Gasteiger partial charge in [-0.1, -0.05) is 0 Å². The maximum atomic E-state index is 13.0. The Morgan fingerprint density at radius 1 is 1.30 bits per heavy atom. The van der Waals surface area contributed by atoms with Crippen LogP contribution in [-0.4, -0.2) is 17.0 Å². The fraction of sp³-hybridized carbons (Fsp3) is 0.154. The van der Waals surface area contributed by atoms with E-state index in [9.17, 15) is 14.5 Å². The molecule has 1 heterocycles. The molecule has 0 spiro atoms. The predicted octanol–water partition coefficient (Wildman–Crippen LogP) is 3.24. The van der Waals surface area contributed by atoms with E-state index in [1.807, 2.05) is 0 Å². The number of nitro groups is 1. The second-order valence-corrected chi connectivity index (χ2v) is 3.97. The molecule has 0 aliphatic carbocycles. The van der Waals surface area contributed by atoms with E-state index in [1.54, 1.807) is 6.92 Å². The van der Waals surface area contributed by atoms with Crippen molar-refractivity contribution in [3.05, 3.63) is 52.1 Å². The van der Waals surface area contributed by atoms with Crippen LogP contribution >= 0.6 is 0 Å². The van der Waals surface area contributed by atoms with Crippen molar-refractivity contribution in [1.82, 2.24) is 4.98 Å². The number of hydrogen-bond acceptors (Lipinski definition) is 5. The molecule has 7 heteroatoms. The van der Waals surface area contributed by atoms with Gasteiger partial charge in [0.25, 0.3) is 0 Å². The van der Waals surface area contributed by atoms with Gasteiger partial charge in [0, 0.05) is 5.56 Å². The summed E-state index contributed by atoms with van der Waals surface area (Å²) in [6, 6.07) is 5.64. The van der Waals surface area contributed by atoms with Gasteiger partial charge in [0.05, 0.1) is 24.3 Å². The number of rotatable bonds is 4. The van der Waals surface area contributed by atoms with E-state index in [-0.39, 0.29) is 17.2 Å². The van der Waals surface area contributed by atoms with Gasteiger partial charge in [-0.15, -0.1) is 0 Å². The third-order valence-electron chi connectivity index (χ3n) is 2.57. The molecule has 0 atom stereocenters. The van der Waals surface area contributed by atoms with E-state index in [0.29, 0.717) is 11.3 Å². The highest BCUT2D eigenvalue weighted by molar-refractivity contribution is 5.51. The SMILES string of the molecule is COc1ccc(Oc2cnc(F)c(C)c2)cc1[N+](=O)[O-]. The molecule has 6 nitrogen and oxygen atoms in total. The number of aryl methyl sites for hydroxylation is 1. The summed E-state index contributed by atoms with van der Waals surface area (Å²) in [6.45, 7) is 1.55. The first-order chi connectivity index (χ1) is 9.51. The smallest absolute Gasteiger partial charge is 0.314 e. The first-order valence-electron chi connectivity index (χ1n) is 5.63. The normalized spacial score (nSPS) is 10.2. The quantitative estimate of drug-likeness (QED) is 0.487. The van der Waals surface area contributed by atoms with Crippen molar-refractivity contribution in [3.8, 4) is 17.2 Å².